The molecule has 1 rings (SSSR count). The topological polar surface area (TPSA) is 45.4 Å². The minimum atomic E-state index is -0.527. The molecule has 0 aliphatic heterocycles. The lowest BCUT2D eigenvalue weighted by Crippen LogP contribution is -2.22. The molecule has 0 aromatic carbocycles. The molecular formula is C15H27NO2. The maximum absolute atomic E-state index is 9.75. The summed E-state index contributed by atoms with van der Waals surface area (Å²) in [5.74, 6) is 1.46. The summed E-state index contributed by atoms with van der Waals surface area (Å²) in [6, 6.07) is 3.60. The zero-order chi connectivity index (χ0) is 13.2. The maximum Gasteiger partial charge on any atom is 0.133 e. The standard InChI is InChI=1S/C15H27NO2/c1-13(2)8-5-3-4-6-10-16-12-14(17)15-9-7-11-18-15/h7,9,11,13-14,16-17H,3-6,8,10,12H2,1-2H3. The van der Waals surface area contributed by atoms with Gasteiger partial charge in [-0.05, 0) is 31.0 Å². The van der Waals surface area contributed by atoms with Crippen molar-refractivity contribution in [3.63, 3.8) is 0 Å². The summed E-state index contributed by atoms with van der Waals surface area (Å²) in [4.78, 5) is 0. The molecule has 0 radical (unpaired) electrons. The molecule has 0 aliphatic rings. The molecule has 0 bridgehead atoms. The van der Waals surface area contributed by atoms with E-state index in [1.807, 2.05) is 0 Å². The quantitative estimate of drug-likeness (QED) is 0.627. The molecule has 3 nitrogen and oxygen atoms in total. The molecule has 1 unspecified atom stereocenters. The van der Waals surface area contributed by atoms with E-state index in [2.05, 4.69) is 19.2 Å². The fraction of sp³-hybridized carbons (Fsp3) is 0.733. The van der Waals surface area contributed by atoms with Crippen LogP contribution in [0.15, 0.2) is 22.8 Å². The highest BCUT2D eigenvalue weighted by atomic mass is 16.4. The first-order chi connectivity index (χ1) is 8.70. The van der Waals surface area contributed by atoms with Gasteiger partial charge in [0.2, 0.25) is 0 Å². The van der Waals surface area contributed by atoms with Crippen molar-refractivity contribution in [2.45, 2.75) is 52.1 Å². The van der Waals surface area contributed by atoms with Crippen molar-refractivity contribution in [1.82, 2.24) is 5.32 Å². The minimum Gasteiger partial charge on any atom is -0.467 e. The van der Waals surface area contributed by atoms with Gasteiger partial charge in [-0.15, -0.1) is 0 Å². The number of aliphatic hydroxyl groups is 1. The Kier molecular flexibility index (Phi) is 7.78. The number of nitrogens with one attached hydrogen (secondary N) is 1. The predicted octanol–water partition coefficient (Wildman–Crippen LogP) is 3.51. The van der Waals surface area contributed by atoms with Crippen molar-refractivity contribution in [3.8, 4) is 0 Å². The molecule has 0 spiro atoms. The van der Waals surface area contributed by atoms with Crippen LogP contribution in [0.1, 0.15) is 57.8 Å². The summed E-state index contributed by atoms with van der Waals surface area (Å²) in [5, 5.41) is 13.0. The number of hydrogen-bond acceptors (Lipinski definition) is 3. The van der Waals surface area contributed by atoms with E-state index in [9.17, 15) is 5.11 Å². The third-order valence-electron chi connectivity index (χ3n) is 3.09. The summed E-state index contributed by atoms with van der Waals surface area (Å²) in [6.07, 6.45) is 7.52. The van der Waals surface area contributed by atoms with Crippen LogP contribution in [-0.4, -0.2) is 18.2 Å². The summed E-state index contributed by atoms with van der Waals surface area (Å²) >= 11 is 0. The molecule has 1 heterocycles. The largest absolute Gasteiger partial charge is 0.467 e. The summed E-state index contributed by atoms with van der Waals surface area (Å²) in [5.41, 5.74) is 0. The second-order valence-corrected chi connectivity index (χ2v) is 5.33. The van der Waals surface area contributed by atoms with Gasteiger partial charge >= 0.3 is 0 Å². The van der Waals surface area contributed by atoms with Crippen molar-refractivity contribution in [3.05, 3.63) is 24.2 Å². The second kappa shape index (κ2) is 9.17. The molecule has 18 heavy (non-hydrogen) atoms. The van der Waals surface area contributed by atoms with Crippen LogP contribution in [0.25, 0.3) is 0 Å². The zero-order valence-electron chi connectivity index (χ0n) is 11.7. The van der Waals surface area contributed by atoms with Crippen molar-refractivity contribution >= 4 is 0 Å². The van der Waals surface area contributed by atoms with E-state index in [1.165, 1.54) is 32.1 Å². The van der Waals surface area contributed by atoms with E-state index in [0.29, 0.717) is 12.3 Å². The minimum absolute atomic E-state index is 0.527. The molecule has 0 aliphatic carbocycles. The van der Waals surface area contributed by atoms with Gasteiger partial charge in [0.25, 0.3) is 0 Å². The summed E-state index contributed by atoms with van der Waals surface area (Å²) in [6.45, 7) is 6.09. The van der Waals surface area contributed by atoms with E-state index in [-0.39, 0.29) is 0 Å². The Morgan fingerprint density at radius 2 is 2.00 bits per heavy atom. The number of furan rings is 1. The van der Waals surface area contributed by atoms with Gasteiger partial charge in [-0.3, -0.25) is 0 Å². The lowest BCUT2D eigenvalue weighted by molar-refractivity contribution is 0.147. The van der Waals surface area contributed by atoms with Crippen molar-refractivity contribution in [1.29, 1.82) is 0 Å². The molecule has 1 aromatic heterocycles. The SMILES string of the molecule is CC(C)CCCCCCNCC(O)c1ccco1. The molecule has 2 N–H and O–H groups in total. The van der Waals surface area contributed by atoms with Gasteiger partial charge in [-0.1, -0.05) is 39.5 Å². The second-order valence-electron chi connectivity index (χ2n) is 5.33. The van der Waals surface area contributed by atoms with Crippen molar-refractivity contribution in [2.75, 3.05) is 13.1 Å². The van der Waals surface area contributed by atoms with Crippen LogP contribution >= 0.6 is 0 Å². The van der Waals surface area contributed by atoms with E-state index in [1.54, 1.807) is 18.4 Å². The normalized spacial score (nSPS) is 13.1. The van der Waals surface area contributed by atoms with E-state index in [4.69, 9.17) is 4.42 Å². The van der Waals surface area contributed by atoms with Crippen molar-refractivity contribution < 1.29 is 9.52 Å². The average Bonchev–Trinajstić information content (AvgIpc) is 2.85. The number of hydrogen-bond donors (Lipinski definition) is 2. The first-order valence-electron chi connectivity index (χ1n) is 7.12. The third kappa shape index (κ3) is 6.82. The molecular weight excluding hydrogens is 226 g/mol. The van der Waals surface area contributed by atoms with Crippen LogP contribution in [0.4, 0.5) is 0 Å². The number of rotatable bonds is 10. The van der Waals surface area contributed by atoms with Gasteiger partial charge in [0.05, 0.1) is 6.26 Å². The zero-order valence-corrected chi connectivity index (χ0v) is 11.7. The van der Waals surface area contributed by atoms with Crippen LogP contribution in [0.5, 0.6) is 0 Å². The molecule has 1 aromatic rings. The lowest BCUT2D eigenvalue weighted by Gasteiger charge is -2.09. The van der Waals surface area contributed by atoms with Gasteiger partial charge in [0.1, 0.15) is 11.9 Å². The molecule has 104 valence electrons. The Balaban J connectivity index is 1.90. The van der Waals surface area contributed by atoms with E-state index >= 15 is 0 Å². The Morgan fingerprint density at radius 1 is 1.22 bits per heavy atom. The smallest absolute Gasteiger partial charge is 0.133 e. The predicted molar refractivity (Wildman–Crippen MR) is 74.5 cm³/mol. The van der Waals surface area contributed by atoms with E-state index < -0.39 is 6.10 Å². The van der Waals surface area contributed by atoms with Gasteiger partial charge in [-0.2, -0.15) is 0 Å². The van der Waals surface area contributed by atoms with Crippen LogP contribution in [-0.2, 0) is 0 Å². The highest BCUT2D eigenvalue weighted by molar-refractivity contribution is 5.01. The number of aliphatic hydroxyl groups excluding tert-OH is 1. The van der Waals surface area contributed by atoms with Crippen LogP contribution in [0, 0.1) is 5.92 Å². The Hall–Kier alpha value is -0.800. The Morgan fingerprint density at radius 3 is 2.67 bits per heavy atom. The average molecular weight is 253 g/mol. The summed E-state index contributed by atoms with van der Waals surface area (Å²) in [7, 11) is 0. The van der Waals surface area contributed by atoms with Crippen molar-refractivity contribution in [2.24, 2.45) is 5.92 Å². The van der Waals surface area contributed by atoms with Gasteiger partial charge in [-0.25, -0.2) is 0 Å². The summed E-state index contributed by atoms with van der Waals surface area (Å²) < 4.78 is 5.14. The molecule has 0 amide bonds. The fourth-order valence-corrected chi connectivity index (χ4v) is 1.98. The Labute approximate surface area is 111 Å². The Bertz CT molecular complexity index is 283. The maximum atomic E-state index is 9.75. The molecule has 0 saturated heterocycles. The van der Waals surface area contributed by atoms with Crippen LogP contribution < -0.4 is 5.32 Å². The fourth-order valence-electron chi connectivity index (χ4n) is 1.98. The molecule has 0 fully saturated rings. The van der Waals surface area contributed by atoms with Gasteiger partial charge in [0.15, 0.2) is 0 Å². The number of unbranched alkanes of at least 4 members (excludes halogenated alkanes) is 3. The van der Waals surface area contributed by atoms with Gasteiger partial charge < -0.3 is 14.8 Å². The molecule has 3 heteroatoms. The monoisotopic (exact) mass is 253 g/mol. The first kappa shape index (κ1) is 15.3. The van der Waals surface area contributed by atoms with Crippen LogP contribution in [0.3, 0.4) is 0 Å². The van der Waals surface area contributed by atoms with Gasteiger partial charge in [0, 0.05) is 6.54 Å². The lowest BCUT2D eigenvalue weighted by atomic mass is 10.0. The highest BCUT2D eigenvalue weighted by Crippen LogP contribution is 2.12. The van der Waals surface area contributed by atoms with E-state index in [0.717, 1.165) is 12.5 Å². The molecule has 1 atom stereocenters. The third-order valence-corrected chi connectivity index (χ3v) is 3.09. The van der Waals surface area contributed by atoms with Crippen LogP contribution in [0.2, 0.25) is 0 Å². The highest BCUT2D eigenvalue weighted by Gasteiger charge is 2.08. The molecule has 0 saturated carbocycles. The first-order valence-corrected chi connectivity index (χ1v) is 7.12.